The summed E-state index contributed by atoms with van der Waals surface area (Å²) in [7, 11) is 3.00. The fourth-order valence-corrected chi connectivity index (χ4v) is 2.80. The first kappa shape index (κ1) is 23.3. The average Bonchev–Trinajstić information content (AvgIpc) is 2.77. The van der Waals surface area contributed by atoms with E-state index in [1.807, 2.05) is 30.3 Å². The van der Waals surface area contributed by atoms with Crippen LogP contribution in [0.15, 0.2) is 65.2 Å². The monoisotopic (exact) mass is 421 g/mol. The summed E-state index contributed by atoms with van der Waals surface area (Å²) in [6.45, 7) is 5.78. The summed E-state index contributed by atoms with van der Waals surface area (Å²) in [4.78, 5) is 32.7. The Morgan fingerprint density at radius 2 is 1.94 bits per heavy atom. The third-order valence-electron chi connectivity index (χ3n) is 4.37. The molecule has 0 aromatic heterocycles. The summed E-state index contributed by atoms with van der Waals surface area (Å²) in [6, 6.07) is 12.7. The van der Waals surface area contributed by atoms with Crippen molar-refractivity contribution in [1.29, 1.82) is 0 Å². The van der Waals surface area contributed by atoms with Crippen molar-refractivity contribution in [2.45, 2.75) is 13.3 Å². The minimum Gasteiger partial charge on any atom is -0.495 e. The first-order valence-corrected chi connectivity index (χ1v) is 9.68. The molecule has 8 nitrogen and oxygen atoms in total. The Bertz CT molecular complexity index is 984. The molecule has 162 valence electrons. The smallest absolute Gasteiger partial charge is 0.324 e. The quantitative estimate of drug-likeness (QED) is 0.450. The number of hydrogen-bond acceptors (Lipinski definition) is 5. The van der Waals surface area contributed by atoms with Crippen molar-refractivity contribution in [3.8, 4) is 5.75 Å². The number of nitrogens with zero attached hydrogens (tertiary/aromatic N) is 2. The highest BCUT2D eigenvalue weighted by atomic mass is 16.5. The third kappa shape index (κ3) is 7.11. The highest BCUT2D eigenvalue weighted by Gasteiger charge is 2.16. The summed E-state index contributed by atoms with van der Waals surface area (Å²) in [5.41, 5.74) is 2.75. The number of aryl methyl sites for hydroxylation is 1. The van der Waals surface area contributed by atoms with Gasteiger partial charge in [0.15, 0.2) is 0 Å². The van der Waals surface area contributed by atoms with Crippen LogP contribution in [0.25, 0.3) is 0 Å². The van der Waals surface area contributed by atoms with Gasteiger partial charge in [0.25, 0.3) is 5.91 Å². The fraction of sp³-hybridized carbons (Fsp3) is 0.217. The molecule has 0 fully saturated rings. The molecule has 2 aromatic rings. The van der Waals surface area contributed by atoms with Gasteiger partial charge in [-0.15, -0.1) is 0 Å². The van der Waals surface area contributed by atoms with E-state index >= 15 is 0 Å². The van der Waals surface area contributed by atoms with E-state index in [9.17, 15) is 9.59 Å². The Labute approximate surface area is 182 Å². The predicted molar refractivity (Wildman–Crippen MR) is 124 cm³/mol. The first-order chi connectivity index (χ1) is 15.0. The van der Waals surface area contributed by atoms with Crippen LogP contribution in [0.4, 0.5) is 10.5 Å². The maximum atomic E-state index is 12.6. The molecule has 2 rings (SSSR count). The van der Waals surface area contributed by atoms with Gasteiger partial charge < -0.3 is 15.4 Å². The normalized spacial score (nSPS) is 11.1. The van der Waals surface area contributed by atoms with Gasteiger partial charge in [-0.25, -0.2) is 4.79 Å². The Morgan fingerprint density at radius 3 is 2.58 bits per heavy atom. The average molecular weight is 422 g/mol. The zero-order valence-electron chi connectivity index (χ0n) is 17.9. The summed E-state index contributed by atoms with van der Waals surface area (Å²) in [5, 5.41) is 8.19. The molecule has 31 heavy (non-hydrogen) atoms. The molecule has 0 heterocycles. The highest BCUT2D eigenvalue weighted by molar-refractivity contribution is 6.33. The number of amidine groups is 1. The van der Waals surface area contributed by atoms with Gasteiger partial charge >= 0.3 is 6.03 Å². The molecule has 0 radical (unpaired) electrons. The molecular formula is C23H27N5O3. The Kier molecular flexibility index (Phi) is 8.97. The van der Waals surface area contributed by atoms with Gasteiger partial charge in [0.1, 0.15) is 11.6 Å². The largest absolute Gasteiger partial charge is 0.495 e. The van der Waals surface area contributed by atoms with Crippen LogP contribution in [0.5, 0.6) is 5.75 Å². The molecule has 2 aromatic carbocycles. The number of rotatable bonds is 8. The molecule has 8 heteroatoms. The summed E-state index contributed by atoms with van der Waals surface area (Å²) in [5.74, 6) is 0.426. The zero-order valence-corrected chi connectivity index (χ0v) is 17.9. The van der Waals surface area contributed by atoms with Crippen LogP contribution < -0.4 is 20.7 Å². The van der Waals surface area contributed by atoms with Crippen LogP contribution in [0.2, 0.25) is 0 Å². The van der Waals surface area contributed by atoms with Crippen LogP contribution in [0, 0.1) is 6.92 Å². The first-order valence-electron chi connectivity index (χ1n) is 9.68. The van der Waals surface area contributed by atoms with Gasteiger partial charge in [0.2, 0.25) is 0 Å². The molecular weight excluding hydrogens is 394 g/mol. The van der Waals surface area contributed by atoms with Crippen LogP contribution in [-0.2, 0) is 6.42 Å². The molecule has 0 aliphatic rings. The zero-order chi connectivity index (χ0) is 22.6. The van der Waals surface area contributed by atoms with Crippen molar-refractivity contribution >= 4 is 29.7 Å². The van der Waals surface area contributed by atoms with E-state index in [0.717, 1.165) is 12.0 Å². The lowest BCUT2D eigenvalue weighted by atomic mass is 10.1. The number of nitrogens with one attached hydrogen (secondary N) is 3. The van der Waals surface area contributed by atoms with Crippen LogP contribution >= 0.6 is 0 Å². The molecule has 0 aliphatic carbocycles. The van der Waals surface area contributed by atoms with Gasteiger partial charge in [-0.3, -0.25) is 20.1 Å². The third-order valence-corrected chi connectivity index (χ3v) is 4.37. The molecule has 0 spiro atoms. The van der Waals surface area contributed by atoms with Gasteiger partial charge in [0, 0.05) is 25.4 Å². The number of carbonyl (C=O) groups excluding carboxylic acids is 2. The summed E-state index contributed by atoms with van der Waals surface area (Å²) in [6.07, 6.45) is 3.44. The second kappa shape index (κ2) is 11.9. The molecule has 0 unspecified atom stereocenters. The fourth-order valence-electron chi connectivity index (χ4n) is 2.80. The lowest BCUT2D eigenvalue weighted by Gasteiger charge is -2.15. The number of benzene rings is 2. The number of methoxy groups -OCH3 is 1. The second-order valence-electron chi connectivity index (χ2n) is 6.51. The number of hydrogen-bond donors (Lipinski definition) is 3. The van der Waals surface area contributed by atoms with E-state index in [0.29, 0.717) is 29.1 Å². The van der Waals surface area contributed by atoms with Crippen molar-refractivity contribution < 1.29 is 14.3 Å². The number of amides is 3. The van der Waals surface area contributed by atoms with Crippen molar-refractivity contribution in [2.75, 3.05) is 26.0 Å². The molecule has 0 saturated carbocycles. The van der Waals surface area contributed by atoms with E-state index in [1.165, 1.54) is 26.6 Å². The van der Waals surface area contributed by atoms with Crippen LogP contribution in [0.3, 0.4) is 0 Å². The molecule has 0 atom stereocenters. The molecule has 0 saturated heterocycles. The van der Waals surface area contributed by atoms with Crippen molar-refractivity contribution in [1.82, 2.24) is 10.6 Å². The minimum atomic E-state index is -0.520. The van der Waals surface area contributed by atoms with Gasteiger partial charge in [-0.05, 0) is 36.6 Å². The Morgan fingerprint density at radius 1 is 1.19 bits per heavy atom. The van der Waals surface area contributed by atoms with Gasteiger partial charge in [-0.2, -0.15) is 0 Å². The topological polar surface area (TPSA) is 104 Å². The predicted octanol–water partition coefficient (Wildman–Crippen LogP) is 3.34. The second-order valence-corrected chi connectivity index (χ2v) is 6.51. The molecule has 3 amide bonds. The standard InChI is InChI=1S/C23H27N5O3/c1-5-25-15-21(24-3)28-23(30)27-19-13-16(2)18(14-20(19)31-4)22(29)26-12-11-17-9-7-6-8-10-17/h5-10,13-15H,1,11-12H2,2-4H3,(H,26,29)(H2,24,27,28,30). The maximum absolute atomic E-state index is 12.6. The Balaban J connectivity index is 2.06. The van der Waals surface area contributed by atoms with Crippen LogP contribution in [0.1, 0.15) is 21.5 Å². The van der Waals surface area contributed by atoms with Crippen LogP contribution in [-0.4, -0.2) is 44.7 Å². The summed E-state index contributed by atoms with van der Waals surface area (Å²) >= 11 is 0. The number of aliphatic imine (C=N–C) groups is 2. The Hall–Kier alpha value is -3.94. The summed E-state index contributed by atoms with van der Waals surface area (Å²) < 4.78 is 5.37. The molecule has 0 aliphatic heterocycles. The minimum absolute atomic E-state index is 0.205. The number of urea groups is 1. The van der Waals surface area contributed by atoms with Crippen molar-refractivity contribution in [3.05, 3.63) is 71.9 Å². The van der Waals surface area contributed by atoms with E-state index in [2.05, 4.69) is 32.5 Å². The maximum Gasteiger partial charge on any atom is 0.324 e. The van der Waals surface area contributed by atoms with Gasteiger partial charge in [-0.1, -0.05) is 36.9 Å². The van der Waals surface area contributed by atoms with Crippen molar-refractivity contribution in [3.63, 3.8) is 0 Å². The molecule has 3 N–H and O–H groups in total. The van der Waals surface area contributed by atoms with E-state index in [1.54, 1.807) is 19.1 Å². The number of carbonyl (C=O) groups is 2. The highest BCUT2D eigenvalue weighted by Crippen LogP contribution is 2.28. The van der Waals surface area contributed by atoms with Crippen molar-refractivity contribution in [2.24, 2.45) is 9.98 Å². The number of ether oxygens (including phenoxy) is 1. The lowest BCUT2D eigenvalue weighted by molar-refractivity contribution is 0.0953. The SMILES string of the molecule is C=CN=CC(=NC)NC(=O)Nc1cc(C)c(C(=O)NCCc2ccccc2)cc1OC. The van der Waals surface area contributed by atoms with E-state index < -0.39 is 6.03 Å². The van der Waals surface area contributed by atoms with Gasteiger partial charge in [0.05, 0.1) is 19.0 Å². The lowest BCUT2D eigenvalue weighted by Crippen LogP contribution is -2.35. The van der Waals surface area contributed by atoms with E-state index in [4.69, 9.17) is 4.74 Å². The van der Waals surface area contributed by atoms with E-state index in [-0.39, 0.29) is 11.7 Å². The number of anilines is 1. The molecule has 0 bridgehead atoms.